The van der Waals surface area contributed by atoms with Gasteiger partial charge < -0.3 is 18.9 Å². The maximum Gasteiger partial charge on any atom is 0.330 e. The molecule has 6 rings (SSSR count). The first-order valence-corrected chi connectivity index (χ1v) is 14.3. The lowest BCUT2D eigenvalue weighted by molar-refractivity contribution is -0.0876. The van der Waals surface area contributed by atoms with Crippen molar-refractivity contribution in [2.75, 3.05) is 40.0 Å². The number of methoxy groups -OCH3 is 1. The number of hydrogen-bond donors (Lipinski definition) is 1. The summed E-state index contributed by atoms with van der Waals surface area (Å²) in [6.45, 7) is 2.98. The molecular weight excluding hydrogens is 534 g/mol. The van der Waals surface area contributed by atoms with E-state index in [1.807, 2.05) is 60.7 Å². The number of aromatic amines is 1. The summed E-state index contributed by atoms with van der Waals surface area (Å²) in [7, 11) is 1.65. The topological polar surface area (TPSA) is 95.0 Å². The van der Waals surface area contributed by atoms with Crippen LogP contribution in [0.3, 0.4) is 0 Å². The molecule has 2 saturated heterocycles. The van der Waals surface area contributed by atoms with E-state index in [1.54, 1.807) is 7.11 Å². The second-order valence-corrected chi connectivity index (χ2v) is 10.6. The Hall–Kier alpha value is -4.02. The van der Waals surface area contributed by atoms with Crippen LogP contribution in [0.2, 0.25) is 0 Å². The zero-order valence-electron chi connectivity index (χ0n) is 23.6. The van der Waals surface area contributed by atoms with Gasteiger partial charge in [0.05, 0.1) is 39.1 Å². The Morgan fingerprint density at radius 1 is 0.857 bits per heavy atom. The minimum absolute atomic E-state index is 0.0880. The van der Waals surface area contributed by atoms with Crippen molar-refractivity contribution < 1.29 is 18.9 Å². The summed E-state index contributed by atoms with van der Waals surface area (Å²) in [5.41, 5.74) is 1.06. The number of ether oxygens (including phenoxy) is 4. The lowest BCUT2D eigenvalue weighted by atomic mass is 9.80. The van der Waals surface area contributed by atoms with Gasteiger partial charge in [0.2, 0.25) is 0 Å². The molecule has 4 aromatic rings. The Morgan fingerprint density at radius 3 is 2.07 bits per heavy atom. The molecular formula is C33H35N3O6. The Bertz CT molecular complexity index is 1530. The van der Waals surface area contributed by atoms with Gasteiger partial charge >= 0.3 is 5.69 Å². The fraction of sp³-hybridized carbons (Fsp3) is 0.333. The monoisotopic (exact) mass is 569 g/mol. The van der Waals surface area contributed by atoms with Gasteiger partial charge in [-0.2, -0.15) is 0 Å². The average molecular weight is 570 g/mol. The molecule has 2 aliphatic heterocycles. The summed E-state index contributed by atoms with van der Waals surface area (Å²) < 4.78 is 26.2. The summed E-state index contributed by atoms with van der Waals surface area (Å²) in [5.74, 6) is 0.760. The number of benzene rings is 3. The molecule has 42 heavy (non-hydrogen) atoms. The van der Waals surface area contributed by atoms with E-state index in [4.69, 9.17) is 18.9 Å². The number of nitrogens with zero attached hydrogens (tertiary/aromatic N) is 2. The highest BCUT2D eigenvalue weighted by Gasteiger charge is 2.44. The van der Waals surface area contributed by atoms with Gasteiger partial charge in [0.25, 0.3) is 5.56 Å². The number of nitrogens with one attached hydrogen (secondary N) is 1. The molecule has 3 atom stereocenters. The van der Waals surface area contributed by atoms with Crippen molar-refractivity contribution in [3.8, 4) is 5.75 Å². The van der Waals surface area contributed by atoms with Crippen molar-refractivity contribution in [3.63, 3.8) is 0 Å². The van der Waals surface area contributed by atoms with Crippen LogP contribution in [0, 0.1) is 0 Å². The first kappa shape index (κ1) is 28.1. The Labute approximate surface area is 244 Å². The molecule has 0 bridgehead atoms. The fourth-order valence-electron chi connectivity index (χ4n) is 6.09. The first-order valence-electron chi connectivity index (χ1n) is 14.3. The zero-order valence-corrected chi connectivity index (χ0v) is 23.6. The summed E-state index contributed by atoms with van der Waals surface area (Å²) in [6, 6.07) is 29.6. The highest BCUT2D eigenvalue weighted by molar-refractivity contribution is 5.48. The van der Waals surface area contributed by atoms with Gasteiger partial charge in [-0.3, -0.25) is 19.2 Å². The van der Waals surface area contributed by atoms with Crippen molar-refractivity contribution in [1.29, 1.82) is 0 Å². The maximum absolute atomic E-state index is 12.8. The van der Waals surface area contributed by atoms with Crippen LogP contribution in [0.25, 0.3) is 0 Å². The van der Waals surface area contributed by atoms with E-state index in [9.17, 15) is 9.59 Å². The maximum atomic E-state index is 12.8. The van der Waals surface area contributed by atoms with Crippen LogP contribution >= 0.6 is 0 Å². The highest BCUT2D eigenvalue weighted by atomic mass is 16.6. The van der Waals surface area contributed by atoms with Gasteiger partial charge in [0.1, 0.15) is 11.4 Å². The van der Waals surface area contributed by atoms with Crippen molar-refractivity contribution in [3.05, 3.63) is 135 Å². The van der Waals surface area contributed by atoms with Crippen molar-refractivity contribution >= 4 is 0 Å². The van der Waals surface area contributed by atoms with Gasteiger partial charge in [-0.1, -0.05) is 72.8 Å². The predicted octanol–water partition coefficient (Wildman–Crippen LogP) is 3.54. The summed E-state index contributed by atoms with van der Waals surface area (Å²) >= 11 is 0. The van der Waals surface area contributed by atoms with E-state index in [0.717, 1.165) is 35.5 Å². The zero-order chi connectivity index (χ0) is 28.9. The second kappa shape index (κ2) is 12.5. The number of aromatic nitrogens is 2. The molecule has 1 N–H and O–H groups in total. The van der Waals surface area contributed by atoms with Gasteiger partial charge in [-0.25, -0.2) is 4.79 Å². The average Bonchev–Trinajstić information content (AvgIpc) is 3.47. The van der Waals surface area contributed by atoms with E-state index in [1.165, 1.54) is 16.8 Å². The second-order valence-electron chi connectivity index (χ2n) is 10.6. The van der Waals surface area contributed by atoms with Gasteiger partial charge in [0, 0.05) is 25.4 Å². The Kier molecular flexibility index (Phi) is 8.34. The Morgan fingerprint density at radius 2 is 1.48 bits per heavy atom. The number of hydrogen-bond acceptors (Lipinski definition) is 7. The number of H-pyrrole nitrogens is 1. The molecule has 0 radical (unpaired) electrons. The van der Waals surface area contributed by atoms with Gasteiger partial charge in [-0.15, -0.1) is 0 Å². The molecule has 3 heterocycles. The molecule has 0 spiro atoms. The molecule has 2 aliphatic rings. The van der Waals surface area contributed by atoms with Crippen molar-refractivity contribution in [2.24, 2.45) is 0 Å². The molecule has 9 nitrogen and oxygen atoms in total. The molecule has 1 aromatic heterocycles. The van der Waals surface area contributed by atoms with Crippen LogP contribution < -0.4 is 16.0 Å². The SMILES string of the molecule is COc1ccc(C(OC[C@@H]2C[C@@H](N3CCOCC3)[C@H](n3ccc(=O)[nH]c3=O)O2)(c2ccccc2)c2ccccc2)cc1. The van der Waals surface area contributed by atoms with E-state index in [2.05, 4.69) is 34.1 Å². The lowest BCUT2D eigenvalue weighted by Gasteiger charge is -2.36. The molecule has 0 saturated carbocycles. The molecule has 2 fully saturated rings. The van der Waals surface area contributed by atoms with Gasteiger partial charge in [0.15, 0.2) is 6.23 Å². The quantitative estimate of drug-likeness (QED) is 0.308. The number of morpholine rings is 1. The molecule has 218 valence electrons. The summed E-state index contributed by atoms with van der Waals surface area (Å²) in [4.78, 5) is 29.3. The molecule has 3 aromatic carbocycles. The molecule has 0 amide bonds. The van der Waals surface area contributed by atoms with E-state index in [0.29, 0.717) is 19.6 Å². The first-order chi connectivity index (χ1) is 20.6. The number of rotatable bonds is 9. The minimum atomic E-state index is -0.931. The van der Waals surface area contributed by atoms with E-state index in [-0.39, 0.29) is 18.8 Å². The van der Waals surface area contributed by atoms with Crippen molar-refractivity contribution in [2.45, 2.75) is 30.4 Å². The highest BCUT2D eigenvalue weighted by Crippen LogP contribution is 2.42. The molecule has 0 aliphatic carbocycles. The van der Waals surface area contributed by atoms with Crippen LogP contribution in [-0.2, 0) is 19.8 Å². The van der Waals surface area contributed by atoms with Crippen LogP contribution in [0.5, 0.6) is 5.75 Å². The van der Waals surface area contributed by atoms with Crippen LogP contribution in [-0.4, -0.2) is 66.6 Å². The van der Waals surface area contributed by atoms with E-state index < -0.39 is 23.1 Å². The fourth-order valence-corrected chi connectivity index (χ4v) is 6.09. The Balaban J connectivity index is 1.37. The van der Waals surface area contributed by atoms with Crippen LogP contribution in [0.4, 0.5) is 0 Å². The summed E-state index contributed by atoms with van der Waals surface area (Å²) in [5, 5.41) is 0. The van der Waals surface area contributed by atoms with Gasteiger partial charge in [-0.05, 0) is 35.2 Å². The van der Waals surface area contributed by atoms with Crippen LogP contribution in [0.15, 0.2) is 107 Å². The van der Waals surface area contributed by atoms with Crippen LogP contribution in [0.1, 0.15) is 29.3 Å². The van der Waals surface area contributed by atoms with Crippen molar-refractivity contribution in [1.82, 2.24) is 14.5 Å². The standard InChI is InChI=1S/C33H35N3O6/c1-39-27-14-12-26(13-15-27)33(24-8-4-2-5-9-24,25-10-6-3-7-11-25)41-23-28-22-29(35-18-20-40-21-19-35)31(42-28)36-17-16-30(37)34-32(36)38/h2-17,28-29,31H,18-23H2,1H3,(H,34,37,38)/t28-,29+,31+/m0/s1. The predicted molar refractivity (Wildman–Crippen MR) is 158 cm³/mol. The smallest absolute Gasteiger partial charge is 0.330 e. The lowest BCUT2D eigenvalue weighted by Crippen LogP contribution is -2.47. The molecule has 0 unspecified atom stereocenters. The third-order valence-electron chi connectivity index (χ3n) is 8.15. The van der Waals surface area contributed by atoms with E-state index >= 15 is 0 Å². The third-order valence-corrected chi connectivity index (χ3v) is 8.15. The third kappa shape index (κ3) is 5.56. The summed E-state index contributed by atoms with van der Waals surface area (Å²) in [6.07, 6.45) is 1.27. The minimum Gasteiger partial charge on any atom is -0.497 e. The largest absolute Gasteiger partial charge is 0.497 e. The molecule has 9 heteroatoms. The normalized spacial score (nSPS) is 21.3.